The molecule has 0 fully saturated rings. The number of hydrogen-bond donors (Lipinski definition) is 0. The largest absolute Gasteiger partial charge is 0.489 e. The van der Waals surface area contributed by atoms with E-state index in [1.54, 1.807) is 0 Å². The molecule has 1 unspecified atom stereocenters. The summed E-state index contributed by atoms with van der Waals surface area (Å²) in [5, 5.41) is 0. The molecule has 0 aliphatic carbocycles. The maximum Gasteiger partial charge on any atom is 0.119 e. The van der Waals surface area contributed by atoms with Gasteiger partial charge in [-0.05, 0) is 34.6 Å². The van der Waals surface area contributed by atoms with Crippen molar-refractivity contribution in [3.8, 4) is 5.75 Å². The lowest BCUT2D eigenvalue weighted by Gasteiger charge is -2.27. The lowest BCUT2D eigenvalue weighted by molar-refractivity contribution is 0.305. The Morgan fingerprint density at radius 2 is 1.50 bits per heavy atom. The highest BCUT2D eigenvalue weighted by Crippen LogP contribution is 2.34. The van der Waals surface area contributed by atoms with Crippen molar-refractivity contribution < 1.29 is 4.74 Å². The minimum atomic E-state index is 0.284. The first-order valence-electron chi connectivity index (χ1n) is 7.23. The summed E-state index contributed by atoms with van der Waals surface area (Å²) in [5.74, 6) is 1.46. The Labute approximate surface area is 122 Å². The van der Waals surface area contributed by atoms with Crippen molar-refractivity contribution in [3.05, 3.63) is 65.7 Å². The predicted octanol–water partition coefficient (Wildman–Crippen LogP) is 5.42. The standard InChI is InChI=1S/C19H24O/c1-15(19(2,3)4)17-10-12-18(13-11-17)20-14-16-8-6-5-7-9-16/h5-13,15H,14H2,1-4H3. The molecule has 0 heterocycles. The van der Waals surface area contributed by atoms with Crippen LogP contribution < -0.4 is 4.74 Å². The summed E-state index contributed by atoms with van der Waals surface area (Å²) in [6, 6.07) is 18.7. The molecule has 20 heavy (non-hydrogen) atoms. The summed E-state index contributed by atoms with van der Waals surface area (Å²) in [4.78, 5) is 0. The molecule has 106 valence electrons. The fraction of sp³-hybridized carbons (Fsp3) is 0.368. The number of ether oxygens (including phenoxy) is 1. The molecule has 0 saturated carbocycles. The second kappa shape index (κ2) is 6.13. The van der Waals surface area contributed by atoms with E-state index < -0.39 is 0 Å². The van der Waals surface area contributed by atoms with Crippen LogP contribution >= 0.6 is 0 Å². The molecule has 1 heteroatoms. The number of hydrogen-bond acceptors (Lipinski definition) is 1. The van der Waals surface area contributed by atoms with Crippen LogP contribution in [0.15, 0.2) is 54.6 Å². The summed E-state index contributed by atoms with van der Waals surface area (Å²) in [5.41, 5.74) is 2.84. The maximum atomic E-state index is 5.81. The molecule has 0 aliphatic rings. The van der Waals surface area contributed by atoms with Crippen LogP contribution in [-0.2, 0) is 6.61 Å². The van der Waals surface area contributed by atoms with Crippen LogP contribution in [0.5, 0.6) is 5.75 Å². The van der Waals surface area contributed by atoms with Crippen molar-refractivity contribution in [1.82, 2.24) is 0 Å². The fourth-order valence-corrected chi connectivity index (χ4v) is 2.09. The van der Waals surface area contributed by atoms with Gasteiger partial charge >= 0.3 is 0 Å². The molecular weight excluding hydrogens is 244 g/mol. The van der Waals surface area contributed by atoms with Crippen LogP contribution in [0.2, 0.25) is 0 Å². The third kappa shape index (κ3) is 3.86. The van der Waals surface area contributed by atoms with Crippen molar-refractivity contribution in [2.45, 2.75) is 40.2 Å². The molecule has 0 N–H and O–H groups in total. The minimum Gasteiger partial charge on any atom is -0.489 e. The quantitative estimate of drug-likeness (QED) is 0.720. The first kappa shape index (κ1) is 14.6. The highest BCUT2D eigenvalue weighted by Gasteiger charge is 2.21. The Hall–Kier alpha value is -1.76. The summed E-state index contributed by atoms with van der Waals surface area (Å²) in [6.45, 7) is 9.72. The molecule has 0 aromatic heterocycles. The Balaban J connectivity index is 1.98. The van der Waals surface area contributed by atoms with Gasteiger partial charge < -0.3 is 4.74 Å². The highest BCUT2D eigenvalue weighted by molar-refractivity contribution is 5.30. The second-order valence-electron chi connectivity index (χ2n) is 6.43. The van der Waals surface area contributed by atoms with Crippen molar-refractivity contribution >= 4 is 0 Å². The second-order valence-corrected chi connectivity index (χ2v) is 6.43. The zero-order valence-electron chi connectivity index (χ0n) is 12.9. The van der Waals surface area contributed by atoms with Crippen molar-refractivity contribution in [1.29, 1.82) is 0 Å². The molecule has 0 aliphatic heterocycles. The van der Waals surface area contributed by atoms with E-state index in [-0.39, 0.29) is 5.41 Å². The topological polar surface area (TPSA) is 9.23 Å². The van der Waals surface area contributed by atoms with Gasteiger partial charge in [0.25, 0.3) is 0 Å². The van der Waals surface area contributed by atoms with Crippen LogP contribution in [0.4, 0.5) is 0 Å². The summed E-state index contributed by atoms with van der Waals surface area (Å²) >= 11 is 0. The van der Waals surface area contributed by atoms with Gasteiger partial charge in [-0.25, -0.2) is 0 Å². The lowest BCUT2D eigenvalue weighted by atomic mass is 9.78. The van der Waals surface area contributed by atoms with E-state index in [1.165, 1.54) is 11.1 Å². The van der Waals surface area contributed by atoms with Crippen molar-refractivity contribution in [2.24, 2.45) is 5.41 Å². The van der Waals surface area contributed by atoms with Gasteiger partial charge in [-0.3, -0.25) is 0 Å². The van der Waals surface area contributed by atoms with E-state index in [0.29, 0.717) is 12.5 Å². The van der Waals surface area contributed by atoms with Crippen molar-refractivity contribution in [3.63, 3.8) is 0 Å². The SMILES string of the molecule is CC(c1ccc(OCc2ccccc2)cc1)C(C)(C)C. The molecule has 0 amide bonds. The Kier molecular flexibility index (Phi) is 4.49. The molecule has 0 radical (unpaired) electrons. The normalized spacial score (nSPS) is 13.0. The van der Waals surface area contributed by atoms with E-state index in [4.69, 9.17) is 4.74 Å². The lowest BCUT2D eigenvalue weighted by Crippen LogP contribution is -2.15. The van der Waals surface area contributed by atoms with Gasteiger partial charge in [-0.1, -0.05) is 70.2 Å². The van der Waals surface area contributed by atoms with E-state index in [0.717, 1.165) is 5.75 Å². The monoisotopic (exact) mass is 268 g/mol. The zero-order valence-corrected chi connectivity index (χ0v) is 12.9. The van der Waals surface area contributed by atoms with Crippen LogP contribution in [0, 0.1) is 5.41 Å². The van der Waals surface area contributed by atoms with Gasteiger partial charge in [0.1, 0.15) is 12.4 Å². The zero-order chi connectivity index (χ0) is 14.6. The summed E-state index contributed by atoms with van der Waals surface area (Å²) in [7, 11) is 0. The highest BCUT2D eigenvalue weighted by atomic mass is 16.5. The Morgan fingerprint density at radius 3 is 2.05 bits per heavy atom. The summed E-state index contributed by atoms with van der Waals surface area (Å²) in [6.07, 6.45) is 0. The first-order chi connectivity index (χ1) is 9.47. The van der Waals surface area contributed by atoms with E-state index in [1.807, 2.05) is 18.2 Å². The van der Waals surface area contributed by atoms with Gasteiger partial charge in [0.15, 0.2) is 0 Å². The maximum absolute atomic E-state index is 5.81. The van der Waals surface area contributed by atoms with Gasteiger partial charge in [-0.15, -0.1) is 0 Å². The van der Waals surface area contributed by atoms with E-state index in [9.17, 15) is 0 Å². The Bertz CT molecular complexity index is 520. The van der Waals surface area contributed by atoms with Crippen LogP contribution in [-0.4, -0.2) is 0 Å². The predicted molar refractivity (Wildman–Crippen MR) is 85.1 cm³/mol. The number of benzene rings is 2. The van der Waals surface area contributed by atoms with Crippen molar-refractivity contribution in [2.75, 3.05) is 0 Å². The average molecular weight is 268 g/mol. The first-order valence-corrected chi connectivity index (χ1v) is 7.23. The molecule has 0 bridgehead atoms. The third-order valence-corrected chi connectivity index (χ3v) is 3.93. The number of rotatable bonds is 4. The molecule has 2 rings (SSSR count). The van der Waals surface area contributed by atoms with Gasteiger partial charge in [-0.2, -0.15) is 0 Å². The average Bonchev–Trinajstić information content (AvgIpc) is 2.45. The van der Waals surface area contributed by atoms with Gasteiger partial charge in [0.05, 0.1) is 0 Å². The molecule has 1 atom stereocenters. The molecule has 2 aromatic rings. The molecule has 0 saturated heterocycles. The van der Waals surface area contributed by atoms with Crippen LogP contribution in [0.25, 0.3) is 0 Å². The van der Waals surface area contributed by atoms with E-state index >= 15 is 0 Å². The smallest absolute Gasteiger partial charge is 0.119 e. The fourth-order valence-electron chi connectivity index (χ4n) is 2.09. The molecule has 1 nitrogen and oxygen atoms in total. The van der Waals surface area contributed by atoms with Gasteiger partial charge in [0, 0.05) is 0 Å². The molecule has 2 aromatic carbocycles. The van der Waals surface area contributed by atoms with Gasteiger partial charge in [0.2, 0.25) is 0 Å². The molecular formula is C19H24O. The van der Waals surface area contributed by atoms with Crippen LogP contribution in [0.1, 0.15) is 44.7 Å². The van der Waals surface area contributed by atoms with E-state index in [2.05, 4.69) is 64.1 Å². The Morgan fingerprint density at radius 1 is 0.900 bits per heavy atom. The van der Waals surface area contributed by atoms with Crippen LogP contribution in [0.3, 0.4) is 0 Å². The summed E-state index contributed by atoms with van der Waals surface area (Å²) < 4.78 is 5.81. The minimum absolute atomic E-state index is 0.284. The molecule has 0 spiro atoms. The third-order valence-electron chi connectivity index (χ3n) is 3.93.